The van der Waals surface area contributed by atoms with Crippen molar-refractivity contribution in [1.82, 2.24) is 4.98 Å². The molecule has 0 unspecified atom stereocenters. The zero-order chi connectivity index (χ0) is 18.0. The summed E-state index contributed by atoms with van der Waals surface area (Å²) in [4.78, 5) is 16.2. The van der Waals surface area contributed by atoms with Crippen molar-refractivity contribution in [3.63, 3.8) is 0 Å². The predicted molar refractivity (Wildman–Crippen MR) is 102 cm³/mol. The molecule has 0 amide bonds. The number of fused-ring (bicyclic) bond motifs is 1. The SMILES string of the molecule is COC(=O)c1ccc2cc(N[C@H]3CC[C@@H](C(C)(C)C)CC3)ncc2c1. The minimum Gasteiger partial charge on any atom is -0.465 e. The van der Waals surface area contributed by atoms with Crippen LogP contribution in [0.4, 0.5) is 5.82 Å². The Labute approximate surface area is 150 Å². The summed E-state index contributed by atoms with van der Waals surface area (Å²) in [7, 11) is 1.40. The number of carbonyl (C=O) groups excluding carboxylic acids is 1. The summed E-state index contributed by atoms with van der Waals surface area (Å²) in [6.45, 7) is 7.04. The number of aromatic nitrogens is 1. The Kier molecular flexibility index (Phi) is 4.98. The minimum absolute atomic E-state index is 0.320. The average molecular weight is 340 g/mol. The van der Waals surface area contributed by atoms with Gasteiger partial charge in [-0.1, -0.05) is 26.8 Å². The fraction of sp³-hybridized carbons (Fsp3) is 0.524. The van der Waals surface area contributed by atoms with Crippen LogP contribution in [0.15, 0.2) is 30.5 Å². The lowest BCUT2D eigenvalue weighted by Crippen LogP contribution is -2.31. The van der Waals surface area contributed by atoms with E-state index in [9.17, 15) is 4.79 Å². The molecule has 2 aromatic rings. The summed E-state index contributed by atoms with van der Waals surface area (Å²) < 4.78 is 4.77. The largest absolute Gasteiger partial charge is 0.465 e. The molecule has 4 heteroatoms. The number of nitrogens with one attached hydrogen (secondary N) is 1. The Morgan fingerprint density at radius 3 is 2.48 bits per heavy atom. The van der Waals surface area contributed by atoms with Crippen molar-refractivity contribution < 1.29 is 9.53 Å². The summed E-state index contributed by atoms with van der Waals surface area (Å²) in [5.74, 6) is 1.41. The Hall–Kier alpha value is -2.10. The number of rotatable bonds is 3. The highest BCUT2D eigenvalue weighted by Crippen LogP contribution is 2.38. The molecule has 1 aromatic heterocycles. The summed E-state index contributed by atoms with van der Waals surface area (Å²) in [5.41, 5.74) is 0.960. The van der Waals surface area contributed by atoms with Crippen molar-refractivity contribution in [2.75, 3.05) is 12.4 Å². The third-order valence-corrected chi connectivity index (χ3v) is 5.45. The van der Waals surface area contributed by atoms with E-state index < -0.39 is 0 Å². The predicted octanol–water partition coefficient (Wildman–Crippen LogP) is 5.04. The molecule has 1 aliphatic rings. The minimum atomic E-state index is -0.320. The molecule has 1 fully saturated rings. The molecule has 25 heavy (non-hydrogen) atoms. The quantitative estimate of drug-likeness (QED) is 0.796. The first-order valence-electron chi connectivity index (χ1n) is 9.11. The number of hydrogen-bond donors (Lipinski definition) is 1. The van der Waals surface area contributed by atoms with E-state index >= 15 is 0 Å². The van der Waals surface area contributed by atoms with Gasteiger partial charge in [-0.3, -0.25) is 0 Å². The number of anilines is 1. The van der Waals surface area contributed by atoms with Crippen molar-refractivity contribution in [3.8, 4) is 0 Å². The molecule has 1 heterocycles. The molecule has 3 rings (SSSR count). The number of pyridine rings is 1. The van der Waals surface area contributed by atoms with Crippen molar-refractivity contribution in [3.05, 3.63) is 36.0 Å². The number of methoxy groups -OCH3 is 1. The van der Waals surface area contributed by atoms with E-state index in [1.807, 2.05) is 18.3 Å². The average Bonchev–Trinajstić information content (AvgIpc) is 2.60. The first kappa shape index (κ1) is 17.7. The molecule has 0 aliphatic heterocycles. The second kappa shape index (κ2) is 7.03. The standard InChI is InChI=1S/C21H28N2O2/c1-21(2,3)17-7-9-18(10-8-17)23-19-12-14-5-6-15(20(24)25-4)11-16(14)13-22-19/h5-6,11-13,17-18H,7-10H2,1-4H3,(H,22,23)/t17-,18+. The van der Waals surface area contributed by atoms with Crippen molar-refractivity contribution in [1.29, 1.82) is 0 Å². The molecular weight excluding hydrogens is 312 g/mol. The Morgan fingerprint density at radius 1 is 1.12 bits per heavy atom. The molecule has 0 saturated heterocycles. The van der Waals surface area contributed by atoms with Crippen LogP contribution in [0.2, 0.25) is 0 Å². The van der Waals surface area contributed by atoms with E-state index in [2.05, 4.69) is 37.1 Å². The van der Waals surface area contributed by atoms with Gasteiger partial charge in [-0.15, -0.1) is 0 Å². The second-order valence-corrected chi connectivity index (χ2v) is 8.18. The molecule has 0 radical (unpaired) electrons. The molecule has 134 valence electrons. The van der Waals surface area contributed by atoms with E-state index in [0.717, 1.165) is 22.5 Å². The summed E-state index contributed by atoms with van der Waals surface area (Å²) in [6, 6.07) is 8.13. The van der Waals surface area contributed by atoms with Gasteiger partial charge < -0.3 is 10.1 Å². The summed E-state index contributed by atoms with van der Waals surface area (Å²) in [5, 5.41) is 5.62. The van der Waals surface area contributed by atoms with Crippen molar-refractivity contribution >= 4 is 22.6 Å². The van der Waals surface area contributed by atoms with Gasteiger partial charge in [-0.25, -0.2) is 9.78 Å². The Balaban J connectivity index is 1.68. The summed E-state index contributed by atoms with van der Waals surface area (Å²) >= 11 is 0. The van der Waals surface area contributed by atoms with Gasteiger partial charge in [0.05, 0.1) is 12.7 Å². The van der Waals surface area contributed by atoms with E-state index in [4.69, 9.17) is 4.74 Å². The van der Waals surface area contributed by atoms with Gasteiger partial charge in [-0.2, -0.15) is 0 Å². The van der Waals surface area contributed by atoms with Gasteiger partial charge in [0.25, 0.3) is 0 Å². The van der Waals surface area contributed by atoms with Crippen molar-refractivity contribution in [2.24, 2.45) is 11.3 Å². The number of esters is 1. The number of carbonyl (C=O) groups is 1. The van der Waals surface area contributed by atoms with Crippen LogP contribution < -0.4 is 5.32 Å². The zero-order valence-electron chi connectivity index (χ0n) is 15.6. The van der Waals surface area contributed by atoms with E-state index in [1.165, 1.54) is 32.8 Å². The molecule has 0 bridgehead atoms. The normalized spacial score (nSPS) is 21.1. The highest BCUT2D eigenvalue weighted by Gasteiger charge is 2.29. The fourth-order valence-corrected chi connectivity index (χ4v) is 3.78. The highest BCUT2D eigenvalue weighted by molar-refractivity contribution is 5.95. The summed E-state index contributed by atoms with van der Waals surface area (Å²) in [6.07, 6.45) is 6.77. The maximum atomic E-state index is 11.6. The third-order valence-electron chi connectivity index (χ3n) is 5.45. The van der Waals surface area contributed by atoms with Crippen LogP contribution in [0.3, 0.4) is 0 Å². The first-order chi connectivity index (χ1) is 11.9. The van der Waals surface area contributed by atoms with Crippen LogP contribution in [0, 0.1) is 11.3 Å². The monoisotopic (exact) mass is 340 g/mol. The number of ether oxygens (including phenoxy) is 1. The zero-order valence-corrected chi connectivity index (χ0v) is 15.6. The van der Waals surface area contributed by atoms with Crippen molar-refractivity contribution in [2.45, 2.75) is 52.5 Å². The molecule has 1 saturated carbocycles. The molecule has 0 spiro atoms. The lowest BCUT2D eigenvalue weighted by atomic mass is 9.71. The molecule has 1 aromatic carbocycles. The van der Waals surface area contributed by atoms with Gasteiger partial charge in [0, 0.05) is 17.6 Å². The van der Waals surface area contributed by atoms with E-state index in [-0.39, 0.29) is 5.97 Å². The third kappa shape index (κ3) is 4.12. The van der Waals surface area contributed by atoms with Crippen LogP contribution in [-0.4, -0.2) is 24.1 Å². The number of benzene rings is 1. The van der Waals surface area contributed by atoms with E-state index in [1.54, 1.807) is 6.07 Å². The Morgan fingerprint density at radius 2 is 1.84 bits per heavy atom. The molecular formula is C21H28N2O2. The van der Waals surface area contributed by atoms with Gasteiger partial charge in [-0.05, 0) is 60.6 Å². The topological polar surface area (TPSA) is 51.2 Å². The van der Waals surface area contributed by atoms with E-state index in [0.29, 0.717) is 17.0 Å². The first-order valence-corrected chi connectivity index (χ1v) is 9.11. The number of hydrogen-bond acceptors (Lipinski definition) is 4. The highest BCUT2D eigenvalue weighted by atomic mass is 16.5. The van der Waals surface area contributed by atoms with Crippen LogP contribution in [-0.2, 0) is 4.74 Å². The molecule has 1 aliphatic carbocycles. The molecule has 0 atom stereocenters. The fourth-order valence-electron chi connectivity index (χ4n) is 3.78. The van der Waals surface area contributed by atoms with Crippen LogP contribution in [0.5, 0.6) is 0 Å². The smallest absolute Gasteiger partial charge is 0.337 e. The van der Waals surface area contributed by atoms with Gasteiger partial charge in [0.1, 0.15) is 5.82 Å². The van der Waals surface area contributed by atoms with Gasteiger partial charge >= 0.3 is 5.97 Å². The lowest BCUT2D eigenvalue weighted by molar-refractivity contribution is 0.0601. The second-order valence-electron chi connectivity index (χ2n) is 8.18. The molecule has 1 N–H and O–H groups in total. The lowest BCUT2D eigenvalue weighted by Gasteiger charge is -2.37. The van der Waals surface area contributed by atoms with Gasteiger partial charge in [0.15, 0.2) is 0 Å². The Bertz CT molecular complexity index is 756. The maximum absolute atomic E-state index is 11.6. The van der Waals surface area contributed by atoms with Crippen LogP contribution in [0.1, 0.15) is 56.8 Å². The van der Waals surface area contributed by atoms with Gasteiger partial charge in [0.2, 0.25) is 0 Å². The maximum Gasteiger partial charge on any atom is 0.337 e. The van der Waals surface area contributed by atoms with Crippen LogP contribution in [0.25, 0.3) is 10.8 Å². The molecule has 4 nitrogen and oxygen atoms in total. The van der Waals surface area contributed by atoms with Crippen LogP contribution >= 0.6 is 0 Å². The number of nitrogens with zero attached hydrogens (tertiary/aromatic N) is 1.